The van der Waals surface area contributed by atoms with Gasteiger partial charge < -0.3 is 10.6 Å². The van der Waals surface area contributed by atoms with Crippen LogP contribution in [0.15, 0.2) is 0 Å². The zero-order chi connectivity index (χ0) is 21.0. The van der Waals surface area contributed by atoms with Gasteiger partial charge >= 0.3 is 25.4 Å². The second-order valence-electron chi connectivity index (χ2n) is 4.96. The average molecular weight is 546 g/mol. The molecule has 0 bridgehead atoms. The van der Waals surface area contributed by atoms with Gasteiger partial charge in [0.25, 0.3) is 0 Å². The summed E-state index contributed by atoms with van der Waals surface area (Å²) >= 11 is 25.9. The molecule has 0 heterocycles. The number of hydrogen-bond acceptors (Lipinski definition) is 1. The molecule has 0 amide bonds. The summed E-state index contributed by atoms with van der Waals surface area (Å²) in [6, 6.07) is 0. The van der Waals surface area contributed by atoms with Crippen molar-refractivity contribution in [1.29, 1.82) is 0 Å². The number of halogens is 2. The van der Waals surface area contributed by atoms with Crippen molar-refractivity contribution >= 4 is 81.5 Å². The molecule has 1 N–H and O–H groups in total. The summed E-state index contributed by atoms with van der Waals surface area (Å²) in [7, 11) is 0. The Morgan fingerprint density at radius 1 is 0.778 bits per heavy atom. The number of rotatable bonds is 10. The summed E-state index contributed by atoms with van der Waals surface area (Å²) in [6.45, 7) is 15.3. The summed E-state index contributed by atoms with van der Waals surface area (Å²) in [5.41, 5.74) is 6.96. The van der Waals surface area contributed by atoms with E-state index >= 15 is 0 Å². The molecule has 0 rings (SSSR count). The maximum atomic E-state index is 6.96. The molecule has 0 aromatic rings. The van der Waals surface area contributed by atoms with E-state index in [2.05, 4.69) is 92.1 Å². The van der Waals surface area contributed by atoms with Gasteiger partial charge in [-0.3, -0.25) is 0 Å². The van der Waals surface area contributed by atoms with Crippen molar-refractivity contribution in [1.82, 2.24) is 14.7 Å². The van der Waals surface area contributed by atoms with Crippen LogP contribution < -0.4 is 0 Å². The Hall–Kier alpha value is 1.81. The van der Waals surface area contributed by atoms with E-state index < -0.39 is 0 Å². The van der Waals surface area contributed by atoms with Gasteiger partial charge in [-0.2, -0.15) is 9.80 Å². The van der Waals surface area contributed by atoms with Crippen LogP contribution in [0.4, 0.5) is 0 Å². The quantitative estimate of drug-likeness (QED) is 0.179. The second-order valence-corrected chi connectivity index (χ2v) is 8.35. The van der Waals surface area contributed by atoms with Gasteiger partial charge in [0.1, 0.15) is 0 Å². The van der Waals surface area contributed by atoms with Crippen molar-refractivity contribution in [2.24, 2.45) is 0 Å². The summed E-state index contributed by atoms with van der Waals surface area (Å²) in [5.74, 6) is 1.24. The molecular formula is C16H39Cl2CoN4S4+6. The zero-order valence-corrected chi connectivity index (χ0v) is 23.2. The van der Waals surface area contributed by atoms with Crippen molar-refractivity contribution in [2.75, 3.05) is 64.1 Å². The third-order valence-electron chi connectivity index (χ3n) is 3.36. The third-order valence-corrected chi connectivity index (χ3v) is 4.89. The minimum absolute atomic E-state index is 0. The first kappa shape index (κ1) is 36.2. The molecule has 0 aliphatic heterocycles. The van der Waals surface area contributed by atoms with Crippen LogP contribution in [0.2, 0.25) is 0 Å². The van der Waals surface area contributed by atoms with Gasteiger partial charge in [-0.25, -0.2) is 0 Å². The molecule has 0 aromatic heterocycles. The van der Waals surface area contributed by atoms with Gasteiger partial charge in [0, 0.05) is 51.0 Å². The Morgan fingerprint density at radius 3 is 1.19 bits per heavy atom. The largest absolute Gasteiger partial charge is 3.00 e. The fourth-order valence-electron chi connectivity index (χ4n) is 1.78. The van der Waals surface area contributed by atoms with E-state index in [0.717, 1.165) is 54.5 Å². The first-order valence-corrected chi connectivity index (χ1v) is 11.8. The number of nitrogens with zero attached hydrogens (tertiary/aromatic N) is 3. The molecule has 11 heteroatoms. The van der Waals surface area contributed by atoms with Crippen LogP contribution in [0, 0.1) is 0 Å². The van der Waals surface area contributed by atoms with Gasteiger partial charge in [-0.1, -0.05) is 27.7 Å². The van der Waals surface area contributed by atoms with Gasteiger partial charge in [0.05, 0.1) is 25.3 Å². The Labute approximate surface area is 209 Å². The molecule has 0 spiro atoms. The molecule has 4 nitrogen and oxygen atoms in total. The third kappa shape index (κ3) is 25.8. The van der Waals surface area contributed by atoms with E-state index in [1.165, 1.54) is 0 Å². The predicted molar refractivity (Wildman–Crippen MR) is 141 cm³/mol. The zero-order valence-electron chi connectivity index (χ0n) is 16.9. The molecule has 0 aliphatic rings. The smallest absolute Gasteiger partial charge is 0.676 e. The van der Waals surface area contributed by atoms with Crippen LogP contribution >= 0.6 is 23.2 Å². The molecule has 0 fully saturated rings. The molecule has 0 saturated heterocycles. The average Bonchev–Trinajstić information content (AvgIpc) is 2.58. The number of thiol groups is 2. The van der Waals surface area contributed by atoms with E-state index in [0.29, 0.717) is 18.3 Å². The minimum Gasteiger partial charge on any atom is -0.676 e. The Morgan fingerprint density at radius 2 is 1.07 bits per heavy atom. The molecule has 0 radical (unpaired) electrons. The van der Waals surface area contributed by atoms with Crippen molar-refractivity contribution in [3.8, 4) is 0 Å². The van der Waals surface area contributed by atoms with Crippen LogP contribution in [0.25, 0.3) is 5.73 Å². The molecule has 0 aliphatic carbocycles. The number of alkyl halides is 2. The predicted octanol–water partition coefficient (Wildman–Crippen LogP) is 1.23. The van der Waals surface area contributed by atoms with Crippen molar-refractivity contribution < 1.29 is 16.8 Å². The first-order valence-electron chi connectivity index (χ1n) is 8.82. The number of hydrogen-bond donors (Lipinski definition) is 0. The molecule has 0 aromatic carbocycles. The maximum Gasteiger partial charge on any atom is 3.00 e. The number of nitrogens with one attached hydrogen (secondary N) is 1. The minimum atomic E-state index is 0. The van der Waals surface area contributed by atoms with E-state index in [1.54, 1.807) is 0 Å². The molecule has 0 unspecified atom stereocenters. The maximum absolute atomic E-state index is 6.96. The Kier molecular flexibility index (Phi) is 37.3. The monoisotopic (exact) mass is 544 g/mol. The normalized spacial score (nSPS) is 9.93. The molecule has 164 valence electrons. The van der Waals surface area contributed by atoms with Gasteiger partial charge in [0.15, 0.2) is 0 Å². The standard InChI is InChI=1S/C6H13Cl2N2.2C5H11NS2.Co/c7-1-4-10(5-2-8)6-3-9;2*1-3-6(4-2)5(7)8;/h9H,1-6H2;2*3-4H2,1-2H3,(H,7,8);/q-1;;;+3/p+4. The van der Waals surface area contributed by atoms with Crippen LogP contribution in [0.1, 0.15) is 27.7 Å². The van der Waals surface area contributed by atoms with Gasteiger partial charge in [-0.05, 0) is 6.54 Å². The van der Waals surface area contributed by atoms with Crippen LogP contribution in [0.3, 0.4) is 0 Å². The fourth-order valence-corrected chi connectivity index (χ4v) is 3.46. The molecule has 0 saturated carbocycles. The van der Waals surface area contributed by atoms with E-state index in [9.17, 15) is 0 Å². The second kappa shape index (κ2) is 27.8. The van der Waals surface area contributed by atoms with E-state index in [4.69, 9.17) is 28.9 Å². The summed E-state index contributed by atoms with van der Waals surface area (Å²) in [4.78, 5) is 6.31. The van der Waals surface area contributed by atoms with Gasteiger partial charge in [0.2, 0.25) is 24.4 Å². The van der Waals surface area contributed by atoms with E-state index in [1.807, 2.05) is 0 Å². The Bertz CT molecular complexity index is 301. The topological polar surface area (TPSA) is 33.5 Å². The van der Waals surface area contributed by atoms with Crippen LogP contribution in [-0.2, 0) is 66.5 Å². The molecule has 0 atom stereocenters. The summed E-state index contributed by atoms with van der Waals surface area (Å²) in [6.07, 6.45) is 0. The molecular weight excluding hydrogens is 506 g/mol. The fraction of sp³-hybridized carbons (Fsp3) is 0.875. The van der Waals surface area contributed by atoms with Crippen molar-refractivity contribution in [3.05, 3.63) is 5.73 Å². The van der Waals surface area contributed by atoms with Crippen molar-refractivity contribution in [2.45, 2.75) is 27.7 Å². The summed E-state index contributed by atoms with van der Waals surface area (Å²) < 4.78 is 1.82. The van der Waals surface area contributed by atoms with Gasteiger partial charge in [-0.15, -0.1) is 29.7 Å². The van der Waals surface area contributed by atoms with Crippen LogP contribution in [0.5, 0.6) is 0 Å². The van der Waals surface area contributed by atoms with Crippen LogP contribution in [-0.4, -0.2) is 87.5 Å². The Balaban J connectivity index is -0.000000146. The van der Waals surface area contributed by atoms with E-state index in [-0.39, 0.29) is 16.8 Å². The first-order chi connectivity index (χ1) is 12.3. The van der Waals surface area contributed by atoms with Crippen molar-refractivity contribution in [3.63, 3.8) is 0 Å². The summed E-state index contributed by atoms with van der Waals surface area (Å²) in [5, 5.41) is 0. The molecule has 27 heavy (non-hydrogen) atoms. The SMILES string of the molecule is CCN(CC)C(=[SH+])[SH2+].CCN(CC)C(=[SH+])[SH2+].[Co+3].[NH-]CCN(CCCl)CCCl.